The molecule has 7 heteroatoms. The summed E-state index contributed by atoms with van der Waals surface area (Å²) in [6.45, 7) is 4.68. The topological polar surface area (TPSA) is 62.3 Å². The maximum atomic E-state index is 13.9. The van der Waals surface area contributed by atoms with Crippen LogP contribution in [0.15, 0.2) is 42.6 Å². The number of benzene rings is 2. The number of likely N-dealkylation sites (tertiary alicyclic amines) is 1. The molecule has 0 radical (unpaired) electrons. The number of hydrogen-bond donors (Lipinski definition) is 1. The summed E-state index contributed by atoms with van der Waals surface area (Å²) >= 11 is 0. The Morgan fingerprint density at radius 3 is 2.61 bits per heavy atom. The van der Waals surface area contributed by atoms with Gasteiger partial charge in [-0.25, -0.2) is 8.78 Å². The van der Waals surface area contributed by atoms with Crippen molar-refractivity contribution in [1.29, 1.82) is 0 Å². The SMILES string of the molecule is Cc1cc2c(C(=O)NCC(=O)N3CC(F)(F)CC3C(C)C)ccnc2c2ccccc12. The first-order chi connectivity index (χ1) is 14.7. The Bertz CT molecular complexity index is 1180. The second-order valence-electron chi connectivity index (χ2n) is 8.57. The highest BCUT2D eigenvalue weighted by Gasteiger charge is 2.47. The highest BCUT2D eigenvalue weighted by Crippen LogP contribution is 2.35. The summed E-state index contributed by atoms with van der Waals surface area (Å²) in [5.41, 5.74) is 2.12. The Morgan fingerprint density at radius 2 is 1.90 bits per heavy atom. The Hall–Kier alpha value is -3.09. The third kappa shape index (κ3) is 3.96. The molecule has 2 heterocycles. The van der Waals surface area contributed by atoms with Gasteiger partial charge in [0.1, 0.15) is 0 Å². The van der Waals surface area contributed by atoms with Gasteiger partial charge in [0.15, 0.2) is 0 Å². The maximum absolute atomic E-state index is 13.9. The minimum absolute atomic E-state index is 0.0894. The van der Waals surface area contributed by atoms with E-state index in [1.54, 1.807) is 12.3 Å². The van der Waals surface area contributed by atoms with Gasteiger partial charge in [0, 0.05) is 29.4 Å². The fraction of sp³-hybridized carbons (Fsp3) is 0.375. The Morgan fingerprint density at radius 1 is 1.19 bits per heavy atom. The molecule has 1 aromatic heterocycles. The Balaban J connectivity index is 1.57. The molecular weight excluding hydrogens is 400 g/mol. The number of aryl methyl sites for hydroxylation is 1. The molecule has 0 saturated carbocycles. The van der Waals surface area contributed by atoms with E-state index in [9.17, 15) is 18.4 Å². The lowest BCUT2D eigenvalue weighted by atomic mass is 9.98. The normalized spacial score (nSPS) is 18.1. The van der Waals surface area contributed by atoms with Crippen molar-refractivity contribution in [3.05, 3.63) is 53.7 Å². The lowest BCUT2D eigenvalue weighted by Crippen LogP contribution is -2.44. The summed E-state index contributed by atoms with van der Waals surface area (Å²) in [6, 6.07) is 10.8. The van der Waals surface area contributed by atoms with Gasteiger partial charge in [-0.3, -0.25) is 14.6 Å². The van der Waals surface area contributed by atoms with Gasteiger partial charge in [0.25, 0.3) is 11.8 Å². The van der Waals surface area contributed by atoms with Crippen molar-refractivity contribution >= 4 is 33.5 Å². The van der Waals surface area contributed by atoms with E-state index in [-0.39, 0.29) is 18.9 Å². The molecular formula is C24H25F2N3O2. The zero-order valence-corrected chi connectivity index (χ0v) is 17.8. The first kappa shape index (κ1) is 21.2. The second-order valence-corrected chi connectivity index (χ2v) is 8.57. The molecule has 31 heavy (non-hydrogen) atoms. The number of pyridine rings is 1. The largest absolute Gasteiger partial charge is 0.343 e. The van der Waals surface area contributed by atoms with Crippen LogP contribution in [0.4, 0.5) is 8.78 Å². The van der Waals surface area contributed by atoms with Crippen molar-refractivity contribution in [3.8, 4) is 0 Å². The van der Waals surface area contributed by atoms with Crippen LogP contribution in [-0.4, -0.2) is 46.8 Å². The molecule has 1 N–H and O–H groups in total. The van der Waals surface area contributed by atoms with Gasteiger partial charge in [-0.2, -0.15) is 0 Å². The Labute approximate surface area is 179 Å². The predicted octanol–water partition coefficient (Wildman–Crippen LogP) is 4.32. The molecule has 1 fully saturated rings. The molecule has 1 aliphatic rings. The Kier molecular flexibility index (Phi) is 5.37. The van der Waals surface area contributed by atoms with Crippen LogP contribution >= 0.6 is 0 Å². The van der Waals surface area contributed by atoms with Gasteiger partial charge in [-0.05, 0) is 35.9 Å². The summed E-state index contributed by atoms with van der Waals surface area (Å²) < 4.78 is 27.8. The molecule has 0 aliphatic carbocycles. The number of fused-ring (bicyclic) bond motifs is 3. The number of nitrogens with zero attached hydrogens (tertiary/aromatic N) is 2. The van der Waals surface area contributed by atoms with Crippen LogP contribution in [0.2, 0.25) is 0 Å². The van der Waals surface area contributed by atoms with Crippen molar-refractivity contribution < 1.29 is 18.4 Å². The highest BCUT2D eigenvalue weighted by atomic mass is 19.3. The molecule has 2 amide bonds. The van der Waals surface area contributed by atoms with Gasteiger partial charge in [0.2, 0.25) is 5.91 Å². The van der Waals surface area contributed by atoms with Gasteiger partial charge >= 0.3 is 0 Å². The average molecular weight is 425 g/mol. The molecule has 1 aliphatic heterocycles. The molecule has 1 unspecified atom stereocenters. The van der Waals surface area contributed by atoms with E-state index in [2.05, 4.69) is 10.3 Å². The summed E-state index contributed by atoms with van der Waals surface area (Å²) in [4.78, 5) is 31.2. The van der Waals surface area contributed by atoms with E-state index in [1.807, 2.05) is 51.1 Å². The fourth-order valence-corrected chi connectivity index (χ4v) is 4.43. The van der Waals surface area contributed by atoms with Crippen LogP contribution < -0.4 is 5.32 Å². The molecule has 1 saturated heterocycles. The molecule has 5 nitrogen and oxygen atoms in total. The number of carbonyl (C=O) groups is 2. The van der Waals surface area contributed by atoms with Gasteiger partial charge in [-0.15, -0.1) is 0 Å². The molecule has 0 bridgehead atoms. The number of halogens is 2. The van der Waals surface area contributed by atoms with Crippen LogP contribution in [0.1, 0.15) is 36.2 Å². The number of amides is 2. The third-order valence-corrected chi connectivity index (χ3v) is 6.00. The average Bonchev–Trinajstić information content (AvgIpc) is 3.07. The number of rotatable bonds is 4. The first-order valence-electron chi connectivity index (χ1n) is 10.4. The van der Waals surface area contributed by atoms with E-state index < -0.39 is 30.3 Å². The molecule has 3 aromatic rings. The van der Waals surface area contributed by atoms with Crippen LogP contribution in [0, 0.1) is 12.8 Å². The van der Waals surface area contributed by atoms with Gasteiger partial charge in [0.05, 0.1) is 24.2 Å². The monoisotopic (exact) mass is 425 g/mol. The van der Waals surface area contributed by atoms with Crippen LogP contribution in [-0.2, 0) is 4.79 Å². The molecule has 4 rings (SSSR count). The third-order valence-electron chi connectivity index (χ3n) is 6.00. The lowest BCUT2D eigenvalue weighted by molar-refractivity contribution is -0.132. The second kappa shape index (κ2) is 7.87. The summed E-state index contributed by atoms with van der Waals surface area (Å²) in [7, 11) is 0. The standard InChI is InChI=1S/C24H25F2N3O2/c1-14(2)20-11-24(25,26)13-29(20)21(30)12-28-23(31)18-8-9-27-22-17-7-5-4-6-16(17)15(3)10-19(18)22/h4-10,14,20H,11-13H2,1-3H3,(H,28,31). The smallest absolute Gasteiger partial charge is 0.267 e. The van der Waals surface area contributed by atoms with Crippen molar-refractivity contribution in [1.82, 2.24) is 15.2 Å². The number of hydrogen-bond acceptors (Lipinski definition) is 3. The van der Waals surface area contributed by atoms with Crippen molar-refractivity contribution in [2.75, 3.05) is 13.1 Å². The predicted molar refractivity (Wildman–Crippen MR) is 116 cm³/mol. The summed E-state index contributed by atoms with van der Waals surface area (Å²) in [6.07, 6.45) is 1.22. The summed E-state index contributed by atoms with van der Waals surface area (Å²) in [5, 5.41) is 5.32. The zero-order valence-electron chi connectivity index (χ0n) is 17.8. The van der Waals surface area contributed by atoms with E-state index in [4.69, 9.17) is 0 Å². The lowest BCUT2D eigenvalue weighted by Gasteiger charge is -2.26. The van der Waals surface area contributed by atoms with E-state index in [1.165, 1.54) is 4.90 Å². The van der Waals surface area contributed by atoms with Gasteiger partial charge in [-0.1, -0.05) is 38.1 Å². The molecule has 1 atom stereocenters. The van der Waals surface area contributed by atoms with Crippen molar-refractivity contribution in [2.24, 2.45) is 5.92 Å². The minimum Gasteiger partial charge on any atom is -0.343 e. The van der Waals surface area contributed by atoms with Crippen LogP contribution in [0.5, 0.6) is 0 Å². The van der Waals surface area contributed by atoms with Gasteiger partial charge < -0.3 is 10.2 Å². The number of alkyl halides is 2. The maximum Gasteiger partial charge on any atom is 0.267 e. The number of aromatic nitrogens is 1. The summed E-state index contributed by atoms with van der Waals surface area (Å²) in [5.74, 6) is -3.91. The first-order valence-corrected chi connectivity index (χ1v) is 10.4. The molecule has 2 aromatic carbocycles. The number of nitrogens with one attached hydrogen (secondary N) is 1. The fourth-order valence-electron chi connectivity index (χ4n) is 4.43. The minimum atomic E-state index is -2.89. The number of carbonyl (C=O) groups excluding carboxylic acids is 2. The van der Waals surface area contributed by atoms with Crippen molar-refractivity contribution in [3.63, 3.8) is 0 Å². The zero-order chi connectivity index (χ0) is 22.3. The highest BCUT2D eigenvalue weighted by molar-refractivity contribution is 6.14. The molecule has 162 valence electrons. The van der Waals surface area contributed by atoms with E-state index >= 15 is 0 Å². The van der Waals surface area contributed by atoms with Crippen LogP contribution in [0.3, 0.4) is 0 Å². The van der Waals surface area contributed by atoms with Crippen molar-refractivity contribution in [2.45, 2.75) is 39.2 Å². The van der Waals surface area contributed by atoms with E-state index in [0.717, 1.165) is 16.3 Å². The van der Waals surface area contributed by atoms with Crippen LogP contribution in [0.25, 0.3) is 21.7 Å². The molecule has 0 spiro atoms. The quantitative estimate of drug-likeness (QED) is 0.634. The van der Waals surface area contributed by atoms with E-state index in [0.29, 0.717) is 16.5 Å².